The number of ether oxygens (including phenoxy) is 3. The second-order valence-electron chi connectivity index (χ2n) is 12.4. The van der Waals surface area contributed by atoms with Crippen LogP contribution in [0.25, 0.3) is 0 Å². The molecule has 0 aliphatic carbocycles. The fourth-order valence-corrected chi connectivity index (χ4v) is 5.60. The molecule has 1 aliphatic rings. The molecule has 254 valence electrons. The molecule has 0 saturated heterocycles. The first-order chi connectivity index (χ1) is 22.7. The Bertz CT molecular complexity index is 1420. The lowest BCUT2D eigenvalue weighted by atomic mass is 10.0. The summed E-state index contributed by atoms with van der Waals surface area (Å²) < 4.78 is 18.0. The minimum absolute atomic E-state index is 0.0457. The highest BCUT2D eigenvalue weighted by Gasteiger charge is 2.30. The highest BCUT2D eigenvalue weighted by Crippen LogP contribution is 2.29. The van der Waals surface area contributed by atoms with Crippen LogP contribution in [-0.2, 0) is 11.3 Å². The van der Waals surface area contributed by atoms with Crippen molar-refractivity contribution in [1.82, 2.24) is 14.8 Å². The zero-order chi connectivity index (χ0) is 33.8. The van der Waals surface area contributed by atoms with Crippen LogP contribution in [0.1, 0.15) is 56.0 Å². The fourth-order valence-electron chi connectivity index (χ4n) is 5.60. The molecule has 3 N–H and O–H groups in total. The maximum absolute atomic E-state index is 14.4. The summed E-state index contributed by atoms with van der Waals surface area (Å²) in [4.78, 5) is 35.3. The first-order valence-corrected chi connectivity index (χ1v) is 16.3. The summed E-state index contributed by atoms with van der Waals surface area (Å²) >= 11 is 0. The molecule has 1 aromatic heterocycles. The number of rotatable bonds is 9. The number of aliphatic hydroxyl groups is 1. The van der Waals surface area contributed by atoms with Gasteiger partial charge in [0.1, 0.15) is 11.5 Å². The van der Waals surface area contributed by atoms with Crippen LogP contribution in [0.2, 0.25) is 0 Å². The second kappa shape index (κ2) is 17.7. The maximum atomic E-state index is 14.4. The van der Waals surface area contributed by atoms with E-state index in [0.717, 1.165) is 31.4 Å². The van der Waals surface area contributed by atoms with Crippen molar-refractivity contribution in [3.05, 3.63) is 78.1 Å². The molecule has 0 bridgehead atoms. The number of aromatic nitrogens is 1. The molecule has 11 nitrogen and oxygen atoms in total. The zero-order valence-corrected chi connectivity index (χ0v) is 28.1. The molecule has 11 heteroatoms. The van der Waals surface area contributed by atoms with E-state index in [4.69, 9.17) is 14.2 Å². The standard InChI is InChI=1S/C36H49N5O6/c1-25-21-41(26(2)24-42)35(43)32-20-30(39-36(44)38-29-9-12-31(45-5)13-10-29)11-14-33(32)47-27(3)8-6-7-19-46-34(25)23-40(4)22-28-15-17-37-18-16-28/h9-18,20,25-27,34,42H,6-8,19,21-24H2,1-5H3,(H2,38,39,44)/t25-,26+,27+,34-/m1/s1. The monoisotopic (exact) mass is 647 g/mol. The molecule has 0 fully saturated rings. The number of methoxy groups -OCH3 is 1. The Morgan fingerprint density at radius 2 is 1.79 bits per heavy atom. The van der Waals surface area contributed by atoms with Gasteiger partial charge in [0.2, 0.25) is 0 Å². The minimum Gasteiger partial charge on any atom is -0.497 e. The number of nitrogens with zero attached hydrogens (tertiary/aromatic N) is 3. The summed E-state index contributed by atoms with van der Waals surface area (Å²) in [5.74, 6) is 0.783. The highest BCUT2D eigenvalue weighted by atomic mass is 16.5. The van der Waals surface area contributed by atoms with Crippen molar-refractivity contribution in [2.75, 3.05) is 51.1 Å². The van der Waals surface area contributed by atoms with Crippen molar-refractivity contribution in [3.8, 4) is 11.5 Å². The summed E-state index contributed by atoms with van der Waals surface area (Å²) in [6.07, 6.45) is 5.89. The van der Waals surface area contributed by atoms with Crippen LogP contribution < -0.4 is 20.1 Å². The van der Waals surface area contributed by atoms with Gasteiger partial charge in [0.15, 0.2) is 0 Å². The fraction of sp³-hybridized carbons (Fsp3) is 0.472. The number of amides is 3. The van der Waals surface area contributed by atoms with Crippen molar-refractivity contribution >= 4 is 23.3 Å². The highest BCUT2D eigenvalue weighted by molar-refractivity contribution is 6.02. The van der Waals surface area contributed by atoms with Crippen molar-refractivity contribution in [1.29, 1.82) is 0 Å². The molecule has 0 saturated carbocycles. The number of hydrogen-bond donors (Lipinski definition) is 3. The Labute approximate surface area is 278 Å². The molecule has 1 aliphatic heterocycles. The number of likely N-dealkylation sites (N-methyl/N-ethyl adjacent to an activating group) is 1. The van der Waals surface area contributed by atoms with E-state index in [9.17, 15) is 14.7 Å². The first kappa shape index (κ1) is 35.7. The molecule has 0 radical (unpaired) electrons. The third-order valence-corrected chi connectivity index (χ3v) is 8.35. The van der Waals surface area contributed by atoms with Gasteiger partial charge in [-0.25, -0.2) is 4.79 Å². The van der Waals surface area contributed by atoms with Crippen molar-refractivity contribution in [2.24, 2.45) is 5.92 Å². The third-order valence-electron chi connectivity index (χ3n) is 8.35. The number of benzene rings is 2. The molecule has 0 unspecified atom stereocenters. The summed E-state index contributed by atoms with van der Waals surface area (Å²) in [5.41, 5.74) is 2.50. The SMILES string of the molecule is COc1ccc(NC(=O)Nc2ccc3c(c2)C(=O)N([C@@H](C)CO)C[C@@H](C)[C@@H](CN(C)Cc2ccncc2)OCCCC[C@H](C)O3)cc1. The Hall–Kier alpha value is -4.19. The van der Waals surface area contributed by atoms with Gasteiger partial charge < -0.3 is 34.9 Å². The van der Waals surface area contributed by atoms with Gasteiger partial charge in [-0.2, -0.15) is 0 Å². The Balaban J connectivity index is 1.57. The number of urea groups is 1. The van der Waals surface area contributed by atoms with Crippen molar-refractivity contribution in [3.63, 3.8) is 0 Å². The van der Waals surface area contributed by atoms with E-state index >= 15 is 0 Å². The number of fused-ring (bicyclic) bond motifs is 1. The Kier molecular flexibility index (Phi) is 13.4. The predicted molar refractivity (Wildman–Crippen MR) is 183 cm³/mol. The summed E-state index contributed by atoms with van der Waals surface area (Å²) in [6.45, 7) is 8.08. The molecule has 4 atom stereocenters. The Morgan fingerprint density at radius 3 is 2.49 bits per heavy atom. The molecule has 47 heavy (non-hydrogen) atoms. The van der Waals surface area contributed by atoms with Gasteiger partial charge in [-0.3, -0.25) is 14.7 Å². The van der Waals surface area contributed by atoms with Crippen LogP contribution in [0.5, 0.6) is 11.5 Å². The van der Waals surface area contributed by atoms with E-state index in [1.165, 1.54) is 0 Å². The quantitative estimate of drug-likeness (QED) is 0.272. The van der Waals surface area contributed by atoms with Crippen LogP contribution in [-0.4, -0.2) is 90.5 Å². The Morgan fingerprint density at radius 1 is 1.09 bits per heavy atom. The number of anilines is 2. The van der Waals surface area contributed by atoms with Crippen LogP contribution in [0.4, 0.5) is 16.2 Å². The van der Waals surface area contributed by atoms with E-state index in [1.54, 1.807) is 66.9 Å². The number of carbonyl (C=O) groups is 2. The summed E-state index contributed by atoms with van der Waals surface area (Å²) in [6, 6.07) is 15.2. The lowest BCUT2D eigenvalue weighted by Crippen LogP contribution is -2.47. The lowest BCUT2D eigenvalue weighted by Gasteiger charge is -2.36. The van der Waals surface area contributed by atoms with E-state index < -0.39 is 12.1 Å². The summed E-state index contributed by atoms with van der Waals surface area (Å²) in [7, 11) is 3.64. The van der Waals surface area contributed by atoms with Crippen molar-refractivity contribution in [2.45, 2.75) is 64.8 Å². The topological polar surface area (TPSA) is 125 Å². The molecule has 4 rings (SSSR count). The smallest absolute Gasteiger partial charge is 0.323 e. The van der Waals surface area contributed by atoms with Gasteiger partial charge in [-0.1, -0.05) is 6.92 Å². The number of nitrogens with one attached hydrogen (secondary N) is 2. The van der Waals surface area contributed by atoms with E-state index in [2.05, 4.69) is 34.5 Å². The van der Waals surface area contributed by atoms with Crippen LogP contribution >= 0.6 is 0 Å². The van der Waals surface area contributed by atoms with Gasteiger partial charge in [-0.15, -0.1) is 0 Å². The second-order valence-corrected chi connectivity index (χ2v) is 12.4. The molecule has 2 heterocycles. The number of pyridine rings is 1. The zero-order valence-electron chi connectivity index (χ0n) is 28.1. The lowest BCUT2D eigenvalue weighted by molar-refractivity contribution is -0.0177. The number of carbonyl (C=O) groups excluding carboxylic acids is 2. The normalized spacial score (nSPS) is 20.0. The van der Waals surface area contributed by atoms with Crippen LogP contribution in [0, 0.1) is 5.92 Å². The molecule has 2 aromatic carbocycles. The van der Waals surface area contributed by atoms with Gasteiger partial charge in [0, 0.05) is 55.9 Å². The van der Waals surface area contributed by atoms with Crippen molar-refractivity contribution < 1.29 is 28.9 Å². The van der Waals surface area contributed by atoms with E-state index in [-0.39, 0.29) is 30.6 Å². The third kappa shape index (κ3) is 10.7. The van der Waals surface area contributed by atoms with Gasteiger partial charge in [0.25, 0.3) is 5.91 Å². The van der Waals surface area contributed by atoms with E-state index in [0.29, 0.717) is 48.1 Å². The maximum Gasteiger partial charge on any atom is 0.323 e. The molecular formula is C36H49N5O6. The molecule has 0 spiro atoms. The average molecular weight is 648 g/mol. The van der Waals surface area contributed by atoms with Gasteiger partial charge in [-0.05, 0) is 100 Å². The first-order valence-electron chi connectivity index (χ1n) is 16.3. The van der Waals surface area contributed by atoms with Crippen LogP contribution in [0.3, 0.4) is 0 Å². The molecular weight excluding hydrogens is 598 g/mol. The average Bonchev–Trinajstić information content (AvgIpc) is 3.06. The molecule has 3 aromatic rings. The number of hydrogen-bond acceptors (Lipinski definition) is 8. The van der Waals surface area contributed by atoms with E-state index in [1.807, 2.05) is 26.0 Å². The summed E-state index contributed by atoms with van der Waals surface area (Å²) in [5, 5.41) is 15.9. The van der Waals surface area contributed by atoms with Crippen LogP contribution in [0.15, 0.2) is 67.0 Å². The molecule has 3 amide bonds. The number of aliphatic hydroxyl groups excluding tert-OH is 1. The van der Waals surface area contributed by atoms with Gasteiger partial charge in [0.05, 0.1) is 37.5 Å². The minimum atomic E-state index is -0.465. The predicted octanol–water partition coefficient (Wildman–Crippen LogP) is 5.66. The van der Waals surface area contributed by atoms with Gasteiger partial charge >= 0.3 is 6.03 Å². The largest absolute Gasteiger partial charge is 0.497 e.